The van der Waals surface area contributed by atoms with Gasteiger partial charge in [-0.15, -0.1) is 0 Å². The van der Waals surface area contributed by atoms with Crippen molar-refractivity contribution in [3.63, 3.8) is 0 Å². The van der Waals surface area contributed by atoms with Gasteiger partial charge in [0.05, 0.1) is 8.96 Å². The van der Waals surface area contributed by atoms with E-state index in [0.29, 0.717) is 0 Å². The Kier molecular flexibility index (Phi) is 3.09. The molecule has 1 rings (SSSR count). The molecule has 0 radical (unpaired) electrons. The van der Waals surface area contributed by atoms with Crippen molar-refractivity contribution in [2.24, 2.45) is 0 Å². The zero-order chi connectivity index (χ0) is 10.2. The SMILES string of the molecule is O=C1C(Br)=CC(Br)([N+](=O)[O-])C=C1Br. The molecule has 0 amide bonds. The summed E-state index contributed by atoms with van der Waals surface area (Å²) in [5.41, 5.74) is 0. The molecule has 13 heavy (non-hydrogen) atoms. The maximum atomic E-state index is 11.2. The van der Waals surface area contributed by atoms with Crippen molar-refractivity contribution in [3.8, 4) is 0 Å². The lowest BCUT2D eigenvalue weighted by Crippen LogP contribution is -2.30. The second kappa shape index (κ2) is 3.62. The third-order valence-corrected chi connectivity index (χ3v) is 3.30. The topological polar surface area (TPSA) is 60.2 Å². The lowest BCUT2D eigenvalue weighted by Gasteiger charge is -2.15. The summed E-state index contributed by atoms with van der Waals surface area (Å²) in [4.78, 5) is 21.2. The number of alkyl halides is 1. The Morgan fingerprint density at radius 3 is 2.00 bits per heavy atom. The Labute approximate surface area is 98.6 Å². The molecule has 0 atom stereocenters. The van der Waals surface area contributed by atoms with Crippen LogP contribution in [0.3, 0.4) is 0 Å². The van der Waals surface area contributed by atoms with E-state index in [1.54, 1.807) is 0 Å². The zero-order valence-electron chi connectivity index (χ0n) is 5.96. The molecule has 70 valence electrons. The summed E-state index contributed by atoms with van der Waals surface area (Å²) in [6.45, 7) is 0. The highest BCUT2D eigenvalue weighted by Gasteiger charge is 2.40. The van der Waals surface area contributed by atoms with Crippen LogP contribution in [0, 0.1) is 10.1 Å². The van der Waals surface area contributed by atoms with Crippen LogP contribution in [0.15, 0.2) is 21.1 Å². The highest BCUT2D eigenvalue weighted by molar-refractivity contribution is 9.13. The van der Waals surface area contributed by atoms with Crippen molar-refractivity contribution in [1.82, 2.24) is 0 Å². The predicted octanol–water partition coefficient (Wildman–Crippen LogP) is 2.49. The maximum absolute atomic E-state index is 11.2. The summed E-state index contributed by atoms with van der Waals surface area (Å²) in [6, 6.07) is 0. The van der Waals surface area contributed by atoms with Crippen molar-refractivity contribution in [2.45, 2.75) is 4.45 Å². The molecule has 0 bridgehead atoms. The van der Waals surface area contributed by atoms with Crippen LogP contribution in [0.4, 0.5) is 0 Å². The van der Waals surface area contributed by atoms with Crippen LogP contribution >= 0.6 is 47.8 Å². The van der Waals surface area contributed by atoms with Gasteiger partial charge in [-0.25, -0.2) is 0 Å². The van der Waals surface area contributed by atoms with E-state index in [1.807, 2.05) is 0 Å². The van der Waals surface area contributed by atoms with Crippen LogP contribution in [0.1, 0.15) is 0 Å². The number of hydrogen-bond acceptors (Lipinski definition) is 3. The summed E-state index contributed by atoms with van der Waals surface area (Å²) >= 11 is 8.79. The van der Waals surface area contributed by atoms with Gasteiger partial charge in [0, 0.05) is 33.0 Å². The van der Waals surface area contributed by atoms with E-state index in [9.17, 15) is 14.9 Å². The molecule has 1 aliphatic carbocycles. The third-order valence-electron chi connectivity index (χ3n) is 1.37. The second-order valence-electron chi connectivity index (χ2n) is 2.30. The fraction of sp³-hybridized carbons (Fsp3) is 0.167. The lowest BCUT2D eigenvalue weighted by atomic mass is 10.1. The Morgan fingerprint density at radius 2 is 1.69 bits per heavy atom. The van der Waals surface area contributed by atoms with E-state index >= 15 is 0 Å². The van der Waals surface area contributed by atoms with Gasteiger partial charge in [-0.3, -0.25) is 14.9 Å². The summed E-state index contributed by atoms with van der Waals surface area (Å²) in [5.74, 6) is -0.308. The zero-order valence-corrected chi connectivity index (χ0v) is 10.7. The number of halogens is 3. The van der Waals surface area contributed by atoms with Crippen molar-refractivity contribution in [1.29, 1.82) is 0 Å². The van der Waals surface area contributed by atoms with Gasteiger partial charge in [0.2, 0.25) is 5.78 Å². The largest absolute Gasteiger partial charge is 0.314 e. The monoisotopic (exact) mass is 373 g/mol. The van der Waals surface area contributed by atoms with Crippen molar-refractivity contribution in [3.05, 3.63) is 31.2 Å². The summed E-state index contributed by atoms with van der Waals surface area (Å²) < 4.78 is -1.18. The number of rotatable bonds is 1. The van der Waals surface area contributed by atoms with Crippen LogP contribution in [0.2, 0.25) is 0 Å². The minimum Gasteiger partial charge on any atom is -0.287 e. The molecule has 0 aromatic carbocycles. The van der Waals surface area contributed by atoms with E-state index in [1.165, 1.54) is 12.2 Å². The summed E-state index contributed by atoms with van der Waals surface area (Å²) in [6.07, 6.45) is 2.39. The molecule has 0 saturated heterocycles. The molecular formula is C6H2Br3NO3. The van der Waals surface area contributed by atoms with Gasteiger partial charge in [-0.2, -0.15) is 0 Å². The molecule has 0 aromatic heterocycles. The van der Waals surface area contributed by atoms with E-state index in [2.05, 4.69) is 47.8 Å². The molecular weight excluding hydrogens is 374 g/mol. The maximum Gasteiger partial charge on any atom is 0.314 e. The molecule has 7 heteroatoms. The van der Waals surface area contributed by atoms with Crippen LogP contribution in [0.5, 0.6) is 0 Å². The highest BCUT2D eigenvalue weighted by atomic mass is 79.9. The Morgan fingerprint density at radius 1 is 1.31 bits per heavy atom. The number of ketones is 1. The molecule has 0 aromatic rings. The van der Waals surface area contributed by atoms with Crippen molar-refractivity contribution >= 4 is 53.6 Å². The second-order valence-corrected chi connectivity index (χ2v) is 5.28. The van der Waals surface area contributed by atoms with E-state index in [4.69, 9.17) is 0 Å². The van der Waals surface area contributed by atoms with Gasteiger partial charge >= 0.3 is 4.45 Å². The van der Waals surface area contributed by atoms with Gasteiger partial charge < -0.3 is 0 Å². The smallest absolute Gasteiger partial charge is 0.287 e. The fourth-order valence-electron chi connectivity index (χ4n) is 0.748. The van der Waals surface area contributed by atoms with Gasteiger partial charge in [0.15, 0.2) is 0 Å². The average Bonchev–Trinajstić information content (AvgIpc) is 2.00. The molecule has 0 N–H and O–H groups in total. The van der Waals surface area contributed by atoms with Gasteiger partial charge in [0.1, 0.15) is 0 Å². The van der Waals surface area contributed by atoms with E-state index in [-0.39, 0.29) is 14.7 Å². The first kappa shape index (κ1) is 11.1. The van der Waals surface area contributed by atoms with Crippen LogP contribution in [0.25, 0.3) is 0 Å². The Bertz CT molecular complexity index is 325. The molecule has 1 aliphatic rings. The van der Waals surface area contributed by atoms with E-state index in [0.717, 1.165) is 0 Å². The standard InChI is InChI=1S/C6H2Br3NO3/c7-3-1-6(9,10(12)13)2-4(8)5(3)11/h1-2H. The van der Waals surface area contributed by atoms with Crippen molar-refractivity contribution in [2.75, 3.05) is 0 Å². The normalized spacial score (nSPS) is 20.7. The minimum absolute atomic E-state index is 0.162. The third kappa shape index (κ3) is 2.08. The number of carbonyl (C=O) groups excluding carboxylic acids is 1. The van der Waals surface area contributed by atoms with Crippen LogP contribution in [-0.2, 0) is 4.79 Å². The molecule has 0 unspecified atom stereocenters. The number of nitro groups is 1. The molecule has 0 saturated carbocycles. The first-order valence-corrected chi connectivity index (χ1v) is 5.39. The van der Waals surface area contributed by atoms with Gasteiger partial charge in [0.25, 0.3) is 0 Å². The van der Waals surface area contributed by atoms with Crippen molar-refractivity contribution < 1.29 is 9.72 Å². The number of hydrogen-bond donors (Lipinski definition) is 0. The summed E-state index contributed by atoms with van der Waals surface area (Å²) in [5, 5.41) is 10.6. The van der Waals surface area contributed by atoms with Crippen LogP contribution < -0.4 is 0 Å². The Balaban J connectivity index is 3.20. The lowest BCUT2D eigenvalue weighted by molar-refractivity contribution is -0.508. The van der Waals surface area contributed by atoms with Gasteiger partial charge in [-0.1, -0.05) is 0 Å². The fourth-order valence-corrected chi connectivity index (χ4v) is 3.21. The number of allylic oxidation sites excluding steroid dienone is 2. The number of carbonyl (C=O) groups is 1. The molecule has 0 aliphatic heterocycles. The molecule has 0 spiro atoms. The quantitative estimate of drug-likeness (QED) is 0.306. The molecule has 0 fully saturated rings. The number of Topliss-reactive ketones (excluding diaryl/α,β-unsaturated/α-hetero) is 1. The van der Waals surface area contributed by atoms with Crippen LogP contribution in [-0.4, -0.2) is 15.2 Å². The Hall–Kier alpha value is -0.0100. The first-order valence-electron chi connectivity index (χ1n) is 3.01. The highest BCUT2D eigenvalue weighted by Crippen LogP contribution is 2.34. The van der Waals surface area contributed by atoms with Gasteiger partial charge in [-0.05, 0) is 31.9 Å². The van der Waals surface area contributed by atoms with E-state index < -0.39 is 9.37 Å². The number of nitrogens with zero attached hydrogens (tertiary/aromatic N) is 1. The predicted molar refractivity (Wildman–Crippen MR) is 57.7 cm³/mol. The minimum atomic E-state index is -1.50. The summed E-state index contributed by atoms with van der Waals surface area (Å²) in [7, 11) is 0. The average molecular weight is 376 g/mol. The molecule has 0 heterocycles. The first-order chi connectivity index (χ1) is 5.87. The molecule has 4 nitrogen and oxygen atoms in total.